The zero-order valence-electron chi connectivity index (χ0n) is 10.8. The lowest BCUT2D eigenvalue weighted by molar-refractivity contribution is -0.0450. The smallest absolute Gasteiger partial charge is 0.0829 e. The summed E-state index contributed by atoms with van der Waals surface area (Å²) in [6, 6.07) is 0. The van der Waals surface area contributed by atoms with Crippen LogP contribution in [-0.2, 0) is 4.74 Å². The monoisotopic (exact) mass is 226 g/mol. The van der Waals surface area contributed by atoms with Crippen LogP contribution in [0.4, 0.5) is 0 Å². The molecule has 94 valence electrons. The number of morpholine rings is 1. The van der Waals surface area contributed by atoms with E-state index in [1.807, 2.05) is 0 Å². The first kappa shape index (κ1) is 12.3. The van der Waals surface area contributed by atoms with Crippen LogP contribution in [-0.4, -0.2) is 61.8 Å². The van der Waals surface area contributed by atoms with Crippen LogP contribution in [0.3, 0.4) is 0 Å². The molecule has 2 aliphatic rings. The molecule has 0 spiro atoms. The zero-order chi connectivity index (χ0) is 11.4. The maximum Gasteiger partial charge on any atom is 0.0829 e. The van der Waals surface area contributed by atoms with Gasteiger partial charge in [-0.3, -0.25) is 4.90 Å². The number of hydrogen-bond donors (Lipinski definition) is 0. The Bertz CT molecular complexity index is 202. The van der Waals surface area contributed by atoms with Gasteiger partial charge in [0.2, 0.25) is 0 Å². The quantitative estimate of drug-likeness (QED) is 0.724. The second-order valence-corrected chi connectivity index (χ2v) is 5.37. The van der Waals surface area contributed by atoms with Crippen molar-refractivity contribution in [2.45, 2.75) is 32.8 Å². The highest BCUT2D eigenvalue weighted by Crippen LogP contribution is 2.17. The van der Waals surface area contributed by atoms with Crippen molar-refractivity contribution in [3.05, 3.63) is 0 Å². The van der Waals surface area contributed by atoms with Gasteiger partial charge in [-0.2, -0.15) is 0 Å². The third-order valence-corrected chi connectivity index (χ3v) is 4.01. The minimum Gasteiger partial charge on any atom is -0.374 e. The van der Waals surface area contributed by atoms with Crippen LogP contribution in [0.2, 0.25) is 0 Å². The predicted molar refractivity (Wildman–Crippen MR) is 66.7 cm³/mol. The van der Waals surface area contributed by atoms with Crippen LogP contribution in [0.1, 0.15) is 26.7 Å². The summed E-state index contributed by atoms with van der Waals surface area (Å²) < 4.78 is 5.86. The number of likely N-dealkylation sites (N-methyl/N-ethyl adjacent to an activating group) is 1. The molecule has 0 aliphatic carbocycles. The van der Waals surface area contributed by atoms with E-state index in [2.05, 4.69) is 23.6 Å². The number of ether oxygens (including phenoxy) is 1. The summed E-state index contributed by atoms with van der Waals surface area (Å²) in [6.45, 7) is 12.6. The number of piperidine rings is 1. The van der Waals surface area contributed by atoms with Gasteiger partial charge < -0.3 is 9.64 Å². The molecule has 2 heterocycles. The largest absolute Gasteiger partial charge is 0.374 e. The fraction of sp³-hybridized carbons (Fsp3) is 1.00. The molecule has 2 saturated heterocycles. The van der Waals surface area contributed by atoms with E-state index in [1.54, 1.807) is 0 Å². The van der Waals surface area contributed by atoms with Crippen LogP contribution < -0.4 is 0 Å². The van der Waals surface area contributed by atoms with Gasteiger partial charge in [0, 0.05) is 19.6 Å². The van der Waals surface area contributed by atoms with E-state index < -0.39 is 0 Å². The normalized spacial score (nSPS) is 30.8. The molecule has 0 radical (unpaired) electrons. The van der Waals surface area contributed by atoms with E-state index in [0.717, 1.165) is 38.7 Å². The molecule has 0 N–H and O–H groups in total. The maximum atomic E-state index is 5.86. The van der Waals surface area contributed by atoms with Crippen LogP contribution in [0.5, 0.6) is 0 Å². The molecule has 2 fully saturated rings. The van der Waals surface area contributed by atoms with Crippen molar-refractivity contribution >= 4 is 0 Å². The van der Waals surface area contributed by atoms with Gasteiger partial charge in [0.25, 0.3) is 0 Å². The molecule has 0 aromatic heterocycles. The van der Waals surface area contributed by atoms with Crippen molar-refractivity contribution < 1.29 is 4.74 Å². The average molecular weight is 226 g/mol. The van der Waals surface area contributed by atoms with Crippen molar-refractivity contribution in [2.75, 3.05) is 45.9 Å². The van der Waals surface area contributed by atoms with Crippen molar-refractivity contribution in [1.82, 2.24) is 9.80 Å². The highest BCUT2D eigenvalue weighted by molar-refractivity contribution is 4.77. The van der Waals surface area contributed by atoms with Gasteiger partial charge in [0.1, 0.15) is 0 Å². The van der Waals surface area contributed by atoms with Crippen LogP contribution in [0.25, 0.3) is 0 Å². The molecule has 2 aliphatic heterocycles. The molecule has 0 amide bonds. The highest BCUT2D eigenvalue weighted by atomic mass is 16.5. The Kier molecular flexibility index (Phi) is 4.62. The van der Waals surface area contributed by atoms with Crippen LogP contribution in [0, 0.1) is 5.92 Å². The first-order valence-corrected chi connectivity index (χ1v) is 6.84. The van der Waals surface area contributed by atoms with Crippen molar-refractivity contribution in [2.24, 2.45) is 5.92 Å². The lowest BCUT2D eigenvalue weighted by Gasteiger charge is -2.37. The molecule has 3 heteroatoms. The topological polar surface area (TPSA) is 15.7 Å². The van der Waals surface area contributed by atoms with E-state index in [9.17, 15) is 0 Å². The number of rotatable bonds is 3. The van der Waals surface area contributed by atoms with E-state index in [4.69, 9.17) is 4.74 Å². The van der Waals surface area contributed by atoms with E-state index in [-0.39, 0.29) is 0 Å². The lowest BCUT2D eigenvalue weighted by Crippen LogP contribution is -2.48. The van der Waals surface area contributed by atoms with E-state index in [1.165, 1.54) is 25.9 Å². The standard InChI is InChI=1S/C13H26N2O/c1-3-14-8-9-16-13(10-14)11-15-6-4-12(2)5-7-15/h12-13H,3-11H2,1-2H3/t13-/m1/s1. The van der Waals surface area contributed by atoms with E-state index >= 15 is 0 Å². The molecule has 2 rings (SSSR count). The van der Waals surface area contributed by atoms with Gasteiger partial charge in [0.05, 0.1) is 12.7 Å². The third-order valence-electron chi connectivity index (χ3n) is 4.01. The Hall–Kier alpha value is -0.120. The minimum absolute atomic E-state index is 0.446. The van der Waals surface area contributed by atoms with Gasteiger partial charge >= 0.3 is 0 Å². The molecule has 1 atom stereocenters. The number of hydrogen-bond acceptors (Lipinski definition) is 3. The van der Waals surface area contributed by atoms with Gasteiger partial charge in [-0.15, -0.1) is 0 Å². The van der Waals surface area contributed by atoms with Gasteiger partial charge in [0.15, 0.2) is 0 Å². The maximum absolute atomic E-state index is 5.86. The first-order valence-electron chi connectivity index (χ1n) is 6.84. The lowest BCUT2D eigenvalue weighted by atomic mass is 9.99. The second kappa shape index (κ2) is 5.99. The molecule has 0 unspecified atom stereocenters. The predicted octanol–water partition coefficient (Wildman–Crippen LogP) is 1.44. The zero-order valence-corrected chi connectivity index (χ0v) is 10.8. The van der Waals surface area contributed by atoms with Gasteiger partial charge in [-0.1, -0.05) is 13.8 Å². The van der Waals surface area contributed by atoms with Crippen molar-refractivity contribution in [3.8, 4) is 0 Å². The minimum atomic E-state index is 0.446. The third kappa shape index (κ3) is 3.44. The summed E-state index contributed by atoms with van der Waals surface area (Å²) in [5.74, 6) is 0.927. The molecule has 0 aromatic carbocycles. The SMILES string of the molecule is CCN1CCO[C@@H](CN2CCC(C)CC2)C1. The van der Waals surface area contributed by atoms with Gasteiger partial charge in [-0.05, 0) is 38.4 Å². The molecular formula is C13H26N2O. The van der Waals surface area contributed by atoms with E-state index in [0.29, 0.717) is 6.10 Å². The first-order chi connectivity index (χ1) is 7.78. The molecule has 0 bridgehead atoms. The summed E-state index contributed by atoms with van der Waals surface area (Å²) in [5.41, 5.74) is 0. The summed E-state index contributed by atoms with van der Waals surface area (Å²) >= 11 is 0. The molecular weight excluding hydrogens is 200 g/mol. The number of likely N-dealkylation sites (tertiary alicyclic amines) is 1. The molecule has 0 saturated carbocycles. The summed E-state index contributed by atoms with van der Waals surface area (Å²) in [4.78, 5) is 5.09. The fourth-order valence-corrected chi connectivity index (χ4v) is 2.71. The molecule has 3 nitrogen and oxygen atoms in total. The Morgan fingerprint density at radius 2 is 1.88 bits per heavy atom. The van der Waals surface area contributed by atoms with Crippen molar-refractivity contribution in [1.29, 1.82) is 0 Å². The Labute approximate surface area is 99.7 Å². The Balaban J connectivity index is 1.72. The summed E-state index contributed by atoms with van der Waals surface area (Å²) in [6.07, 6.45) is 3.18. The Morgan fingerprint density at radius 3 is 2.56 bits per heavy atom. The van der Waals surface area contributed by atoms with Crippen molar-refractivity contribution in [3.63, 3.8) is 0 Å². The molecule has 16 heavy (non-hydrogen) atoms. The summed E-state index contributed by atoms with van der Waals surface area (Å²) in [7, 11) is 0. The molecule has 0 aromatic rings. The Morgan fingerprint density at radius 1 is 1.12 bits per heavy atom. The average Bonchev–Trinajstić information content (AvgIpc) is 2.32. The van der Waals surface area contributed by atoms with Crippen LogP contribution in [0.15, 0.2) is 0 Å². The number of nitrogens with zero attached hydrogens (tertiary/aromatic N) is 2. The van der Waals surface area contributed by atoms with Gasteiger partial charge in [-0.25, -0.2) is 0 Å². The fourth-order valence-electron chi connectivity index (χ4n) is 2.71. The van der Waals surface area contributed by atoms with Crippen LogP contribution >= 0.6 is 0 Å². The second-order valence-electron chi connectivity index (χ2n) is 5.37. The highest BCUT2D eigenvalue weighted by Gasteiger charge is 2.23. The summed E-state index contributed by atoms with van der Waals surface area (Å²) in [5, 5.41) is 0.